The third-order valence-corrected chi connectivity index (χ3v) is 3.77. The first-order valence-corrected chi connectivity index (χ1v) is 6.08. The maximum atomic E-state index is 5.81. The van der Waals surface area contributed by atoms with Crippen molar-refractivity contribution in [2.45, 2.75) is 5.88 Å². The summed E-state index contributed by atoms with van der Waals surface area (Å²) in [5, 5.41) is 0.498. The Morgan fingerprint density at radius 2 is 2.27 bits per heavy atom. The van der Waals surface area contributed by atoms with Crippen LogP contribution in [-0.4, -0.2) is 15.8 Å². The standard InChI is InChI=1S/C5H5Br2ClN2S/c1-11-2-10-4(7)3(6)9-5(10)8/h2H2,1H3. The lowest BCUT2D eigenvalue weighted by Gasteiger charge is -2.00. The third kappa shape index (κ3) is 2.14. The van der Waals surface area contributed by atoms with Crippen molar-refractivity contribution >= 4 is 55.2 Å². The molecule has 11 heavy (non-hydrogen) atoms. The second-order valence-electron chi connectivity index (χ2n) is 1.81. The molecule has 1 aromatic heterocycles. The van der Waals surface area contributed by atoms with E-state index < -0.39 is 0 Å². The topological polar surface area (TPSA) is 17.8 Å². The molecule has 0 aliphatic carbocycles. The van der Waals surface area contributed by atoms with Crippen molar-refractivity contribution in [3.63, 3.8) is 0 Å². The first kappa shape index (κ1) is 9.89. The fourth-order valence-electron chi connectivity index (χ4n) is 0.619. The van der Waals surface area contributed by atoms with Crippen molar-refractivity contribution < 1.29 is 0 Å². The third-order valence-electron chi connectivity index (χ3n) is 1.08. The monoisotopic (exact) mass is 318 g/mol. The number of hydrogen-bond donors (Lipinski definition) is 0. The van der Waals surface area contributed by atoms with Gasteiger partial charge in [-0.15, -0.1) is 11.8 Å². The highest BCUT2D eigenvalue weighted by Crippen LogP contribution is 2.27. The predicted octanol–water partition coefficient (Wildman–Crippen LogP) is 3.38. The zero-order chi connectivity index (χ0) is 8.43. The van der Waals surface area contributed by atoms with Gasteiger partial charge in [-0.25, -0.2) is 4.98 Å². The lowest BCUT2D eigenvalue weighted by molar-refractivity contribution is 0.870. The molecule has 0 aromatic carbocycles. The fourth-order valence-corrected chi connectivity index (χ4v) is 2.56. The number of halogens is 3. The molecule has 2 nitrogen and oxygen atoms in total. The van der Waals surface area contributed by atoms with Crippen LogP contribution in [-0.2, 0) is 5.88 Å². The summed E-state index contributed by atoms with van der Waals surface area (Å²) in [5.41, 5.74) is 0. The average Bonchev–Trinajstić information content (AvgIpc) is 2.17. The highest BCUT2D eigenvalue weighted by Gasteiger charge is 2.09. The van der Waals surface area contributed by atoms with Gasteiger partial charge >= 0.3 is 0 Å². The minimum atomic E-state index is 0.498. The van der Waals surface area contributed by atoms with Gasteiger partial charge in [0.15, 0.2) is 0 Å². The smallest absolute Gasteiger partial charge is 0.205 e. The van der Waals surface area contributed by atoms with Gasteiger partial charge in [-0.3, -0.25) is 4.57 Å². The van der Waals surface area contributed by atoms with Gasteiger partial charge in [0, 0.05) is 0 Å². The van der Waals surface area contributed by atoms with Crippen molar-refractivity contribution in [2.75, 3.05) is 6.26 Å². The SMILES string of the molecule is CSCn1c(Cl)nc(Br)c1Br. The van der Waals surface area contributed by atoms with Crippen LogP contribution in [0.3, 0.4) is 0 Å². The minimum absolute atomic E-state index is 0.498. The van der Waals surface area contributed by atoms with Crippen LogP contribution in [0.5, 0.6) is 0 Å². The summed E-state index contributed by atoms with van der Waals surface area (Å²) >= 11 is 14.1. The molecule has 0 aliphatic rings. The summed E-state index contributed by atoms with van der Waals surface area (Å²) in [5.74, 6) is 0.804. The molecule has 0 aliphatic heterocycles. The molecule has 0 atom stereocenters. The average molecular weight is 320 g/mol. The molecule has 0 bridgehead atoms. The molecule has 0 amide bonds. The number of nitrogens with zero attached hydrogens (tertiary/aromatic N) is 2. The van der Waals surface area contributed by atoms with Crippen molar-refractivity contribution in [3.05, 3.63) is 14.5 Å². The molecule has 1 heterocycles. The Morgan fingerprint density at radius 1 is 1.64 bits per heavy atom. The summed E-state index contributed by atoms with van der Waals surface area (Å²) in [6, 6.07) is 0. The molecule has 62 valence electrons. The molecule has 0 saturated heterocycles. The van der Waals surface area contributed by atoms with E-state index in [1.807, 2.05) is 10.8 Å². The number of aromatic nitrogens is 2. The number of imidazole rings is 1. The second kappa shape index (κ2) is 4.16. The Kier molecular flexibility index (Phi) is 3.74. The number of hydrogen-bond acceptors (Lipinski definition) is 2. The summed E-state index contributed by atoms with van der Waals surface area (Å²) < 4.78 is 3.50. The lowest BCUT2D eigenvalue weighted by Crippen LogP contribution is -1.93. The van der Waals surface area contributed by atoms with Crippen LogP contribution in [0.4, 0.5) is 0 Å². The van der Waals surface area contributed by atoms with Gasteiger partial charge in [-0.1, -0.05) is 0 Å². The highest BCUT2D eigenvalue weighted by molar-refractivity contribution is 9.13. The molecular weight excluding hydrogens is 315 g/mol. The molecule has 0 unspecified atom stereocenters. The van der Waals surface area contributed by atoms with E-state index in [2.05, 4.69) is 36.8 Å². The predicted molar refractivity (Wildman–Crippen MR) is 56.2 cm³/mol. The largest absolute Gasteiger partial charge is 0.299 e. The van der Waals surface area contributed by atoms with Crippen molar-refractivity contribution in [3.8, 4) is 0 Å². The van der Waals surface area contributed by atoms with Gasteiger partial charge in [-0.05, 0) is 49.7 Å². The summed E-state index contributed by atoms with van der Waals surface area (Å²) in [4.78, 5) is 4.01. The fraction of sp³-hybridized carbons (Fsp3) is 0.400. The van der Waals surface area contributed by atoms with Gasteiger partial charge in [0.05, 0.1) is 5.88 Å². The van der Waals surface area contributed by atoms with Gasteiger partial charge in [0.2, 0.25) is 5.28 Å². The van der Waals surface area contributed by atoms with Gasteiger partial charge in [0.1, 0.15) is 9.21 Å². The van der Waals surface area contributed by atoms with Gasteiger partial charge in [-0.2, -0.15) is 0 Å². The Morgan fingerprint density at radius 3 is 2.64 bits per heavy atom. The summed E-state index contributed by atoms with van der Waals surface area (Å²) in [6.07, 6.45) is 2.01. The van der Waals surface area contributed by atoms with Gasteiger partial charge < -0.3 is 0 Å². The highest BCUT2D eigenvalue weighted by atomic mass is 79.9. The molecule has 0 radical (unpaired) electrons. The van der Waals surface area contributed by atoms with E-state index in [4.69, 9.17) is 11.6 Å². The Labute approximate surface area is 91.0 Å². The van der Waals surface area contributed by atoms with Gasteiger partial charge in [0.25, 0.3) is 0 Å². The second-order valence-corrected chi connectivity index (χ2v) is 4.48. The normalized spacial score (nSPS) is 10.5. The van der Waals surface area contributed by atoms with Crippen molar-refractivity contribution in [1.82, 2.24) is 9.55 Å². The Hall–Kier alpha value is 0.810. The Balaban J connectivity index is 3.02. The van der Waals surface area contributed by atoms with Crippen LogP contribution < -0.4 is 0 Å². The Bertz CT molecular complexity index is 263. The van der Waals surface area contributed by atoms with E-state index in [1.54, 1.807) is 11.8 Å². The molecule has 0 spiro atoms. The van der Waals surface area contributed by atoms with Crippen LogP contribution >= 0.6 is 55.2 Å². The maximum Gasteiger partial charge on any atom is 0.205 e. The lowest BCUT2D eigenvalue weighted by atomic mass is 10.9. The quantitative estimate of drug-likeness (QED) is 0.831. The van der Waals surface area contributed by atoms with E-state index in [1.165, 1.54) is 0 Å². The van der Waals surface area contributed by atoms with Crippen LogP contribution in [0.2, 0.25) is 5.28 Å². The molecule has 6 heteroatoms. The first-order valence-electron chi connectivity index (χ1n) is 2.72. The zero-order valence-corrected chi connectivity index (χ0v) is 10.4. The van der Waals surface area contributed by atoms with E-state index >= 15 is 0 Å². The number of rotatable bonds is 2. The van der Waals surface area contributed by atoms with Crippen LogP contribution in [0.25, 0.3) is 0 Å². The van der Waals surface area contributed by atoms with E-state index in [0.29, 0.717) is 5.28 Å². The maximum absolute atomic E-state index is 5.81. The molecular formula is C5H5Br2ClN2S. The zero-order valence-electron chi connectivity index (χ0n) is 5.64. The first-order chi connectivity index (χ1) is 5.16. The van der Waals surface area contributed by atoms with E-state index in [-0.39, 0.29) is 0 Å². The number of thioether (sulfide) groups is 1. The minimum Gasteiger partial charge on any atom is -0.299 e. The summed E-state index contributed by atoms with van der Waals surface area (Å²) in [7, 11) is 0. The van der Waals surface area contributed by atoms with Crippen LogP contribution in [0.15, 0.2) is 9.21 Å². The van der Waals surface area contributed by atoms with E-state index in [9.17, 15) is 0 Å². The van der Waals surface area contributed by atoms with Crippen molar-refractivity contribution in [2.24, 2.45) is 0 Å². The van der Waals surface area contributed by atoms with E-state index in [0.717, 1.165) is 15.1 Å². The molecule has 0 saturated carbocycles. The molecule has 1 aromatic rings. The molecule has 0 fully saturated rings. The molecule has 0 N–H and O–H groups in total. The summed E-state index contributed by atoms with van der Waals surface area (Å²) in [6.45, 7) is 0. The van der Waals surface area contributed by atoms with Crippen LogP contribution in [0.1, 0.15) is 0 Å². The van der Waals surface area contributed by atoms with Crippen molar-refractivity contribution in [1.29, 1.82) is 0 Å². The molecule has 1 rings (SSSR count). The van der Waals surface area contributed by atoms with Crippen LogP contribution in [0, 0.1) is 0 Å².